The fourth-order valence-electron chi connectivity index (χ4n) is 2.96. The van der Waals surface area contributed by atoms with Crippen molar-refractivity contribution in [3.63, 3.8) is 0 Å². The van der Waals surface area contributed by atoms with E-state index in [1.807, 2.05) is 13.8 Å². The summed E-state index contributed by atoms with van der Waals surface area (Å²) in [7, 11) is 0. The Labute approximate surface area is 144 Å². The maximum absolute atomic E-state index is 9.91. The zero-order chi connectivity index (χ0) is 17.5. The lowest BCUT2D eigenvalue weighted by molar-refractivity contribution is -0.00794. The summed E-state index contributed by atoms with van der Waals surface area (Å²) in [6, 6.07) is 0. The van der Waals surface area contributed by atoms with E-state index in [9.17, 15) is 10.2 Å². The van der Waals surface area contributed by atoms with E-state index in [-0.39, 0.29) is 24.0 Å². The van der Waals surface area contributed by atoms with Crippen molar-refractivity contribution in [1.29, 1.82) is 0 Å². The van der Waals surface area contributed by atoms with Gasteiger partial charge >= 0.3 is 0 Å². The molecule has 0 heterocycles. The van der Waals surface area contributed by atoms with Crippen molar-refractivity contribution in [3.05, 3.63) is 0 Å². The summed E-state index contributed by atoms with van der Waals surface area (Å²) >= 11 is 0. The maximum atomic E-state index is 9.91. The van der Waals surface area contributed by atoms with E-state index in [1.54, 1.807) is 0 Å². The van der Waals surface area contributed by atoms with Crippen LogP contribution in [-0.2, 0) is 4.74 Å². The third kappa shape index (κ3) is 12.9. The quantitative estimate of drug-likeness (QED) is 0.394. The van der Waals surface area contributed by atoms with Gasteiger partial charge in [-0.05, 0) is 26.7 Å². The molecule has 0 aromatic heterocycles. The molecule has 0 rings (SSSR count). The van der Waals surface area contributed by atoms with E-state index in [2.05, 4.69) is 13.8 Å². The zero-order valence-corrected chi connectivity index (χ0v) is 16.1. The molecule has 0 spiro atoms. The molecule has 3 heteroatoms. The fourth-order valence-corrected chi connectivity index (χ4v) is 2.96. The number of hydrogen-bond acceptors (Lipinski definition) is 3. The molecule has 0 saturated carbocycles. The second-order valence-corrected chi connectivity index (χ2v) is 7.24. The molecule has 0 amide bonds. The first-order valence-corrected chi connectivity index (χ1v) is 9.96. The number of rotatable bonds is 16. The second-order valence-electron chi connectivity index (χ2n) is 7.24. The van der Waals surface area contributed by atoms with Crippen molar-refractivity contribution in [2.75, 3.05) is 13.2 Å². The normalized spacial score (nSPS) is 17.0. The molecule has 0 saturated heterocycles. The van der Waals surface area contributed by atoms with Crippen LogP contribution in [0.5, 0.6) is 0 Å². The molecule has 2 N–H and O–H groups in total. The lowest BCUT2D eigenvalue weighted by Crippen LogP contribution is -2.27. The van der Waals surface area contributed by atoms with Gasteiger partial charge in [-0.25, -0.2) is 0 Å². The monoisotopic (exact) mass is 330 g/mol. The molecule has 0 aromatic carbocycles. The highest BCUT2D eigenvalue weighted by atomic mass is 16.5. The van der Waals surface area contributed by atoms with Gasteiger partial charge in [-0.3, -0.25) is 0 Å². The zero-order valence-electron chi connectivity index (χ0n) is 16.1. The number of ether oxygens (including phenoxy) is 1. The summed E-state index contributed by atoms with van der Waals surface area (Å²) in [4.78, 5) is 0. The van der Waals surface area contributed by atoms with Crippen molar-refractivity contribution in [2.24, 2.45) is 11.8 Å². The Hall–Kier alpha value is -0.120. The van der Waals surface area contributed by atoms with E-state index < -0.39 is 0 Å². The van der Waals surface area contributed by atoms with Crippen LogP contribution in [0, 0.1) is 11.8 Å². The molecular formula is C20H42O3. The first-order valence-electron chi connectivity index (χ1n) is 9.96. The van der Waals surface area contributed by atoms with Crippen LogP contribution >= 0.6 is 0 Å². The van der Waals surface area contributed by atoms with Gasteiger partial charge in [0.2, 0.25) is 0 Å². The van der Waals surface area contributed by atoms with E-state index in [4.69, 9.17) is 4.74 Å². The van der Waals surface area contributed by atoms with Crippen LogP contribution in [0.4, 0.5) is 0 Å². The van der Waals surface area contributed by atoms with Crippen LogP contribution in [0.3, 0.4) is 0 Å². The third-order valence-electron chi connectivity index (χ3n) is 4.89. The first kappa shape index (κ1) is 22.9. The molecule has 0 bridgehead atoms. The van der Waals surface area contributed by atoms with Crippen molar-refractivity contribution in [3.8, 4) is 0 Å². The summed E-state index contributed by atoms with van der Waals surface area (Å²) in [6.45, 7) is 9.39. The second kappa shape index (κ2) is 15.4. The number of unbranched alkanes of at least 4 members (excludes halogenated alkanes) is 6. The number of hydrogen-bond donors (Lipinski definition) is 2. The molecule has 0 radical (unpaired) electrons. The lowest BCUT2D eigenvalue weighted by atomic mass is 9.95. The van der Waals surface area contributed by atoms with E-state index in [1.165, 1.54) is 51.4 Å². The summed E-state index contributed by atoms with van der Waals surface area (Å²) in [5.74, 6) is 0.447. The van der Waals surface area contributed by atoms with Crippen LogP contribution in [0.25, 0.3) is 0 Å². The molecule has 0 aliphatic rings. The predicted molar refractivity (Wildman–Crippen MR) is 98.7 cm³/mol. The first-order chi connectivity index (χ1) is 11.0. The molecule has 4 unspecified atom stereocenters. The molecule has 0 fully saturated rings. The topological polar surface area (TPSA) is 49.7 Å². The largest absolute Gasteiger partial charge is 0.393 e. The Morgan fingerprint density at radius 1 is 0.652 bits per heavy atom. The molecular weight excluding hydrogens is 288 g/mol. The smallest absolute Gasteiger partial charge is 0.0562 e. The Bertz CT molecular complexity index is 217. The Morgan fingerprint density at radius 3 is 1.35 bits per heavy atom. The van der Waals surface area contributed by atoms with E-state index >= 15 is 0 Å². The van der Waals surface area contributed by atoms with Crippen molar-refractivity contribution in [1.82, 2.24) is 0 Å². The van der Waals surface area contributed by atoms with Gasteiger partial charge in [0.05, 0.1) is 25.4 Å². The summed E-state index contributed by atoms with van der Waals surface area (Å²) in [5.41, 5.74) is 0. The Balaban J connectivity index is 4.00. The highest BCUT2D eigenvalue weighted by Crippen LogP contribution is 2.18. The van der Waals surface area contributed by atoms with Gasteiger partial charge in [0.25, 0.3) is 0 Å². The van der Waals surface area contributed by atoms with Gasteiger partial charge < -0.3 is 14.9 Å². The highest BCUT2D eigenvalue weighted by Gasteiger charge is 2.18. The number of aliphatic hydroxyl groups excluding tert-OH is 2. The molecule has 140 valence electrons. The molecule has 3 nitrogen and oxygen atoms in total. The van der Waals surface area contributed by atoms with Crippen molar-refractivity contribution in [2.45, 2.75) is 104 Å². The minimum atomic E-state index is -0.314. The van der Waals surface area contributed by atoms with Gasteiger partial charge in [-0.1, -0.05) is 65.2 Å². The Kier molecular flexibility index (Phi) is 15.3. The highest BCUT2D eigenvalue weighted by molar-refractivity contribution is 4.68. The van der Waals surface area contributed by atoms with E-state index in [0.29, 0.717) is 13.2 Å². The van der Waals surface area contributed by atoms with Crippen LogP contribution < -0.4 is 0 Å². The summed E-state index contributed by atoms with van der Waals surface area (Å²) < 4.78 is 5.87. The van der Waals surface area contributed by atoms with Gasteiger partial charge in [0.1, 0.15) is 0 Å². The summed E-state index contributed by atoms with van der Waals surface area (Å²) in [5, 5.41) is 19.8. The molecule has 23 heavy (non-hydrogen) atoms. The lowest BCUT2D eigenvalue weighted by Gasteiger charge is -2.24. The molecule has 0 aliphatic carbocycles. The Morgan fingerprint density at radius 2 is 1.04 bits per heavy atom. The fraction of sp³-hybridized carbons (Fsp3) is 1.00. The predicted octanol–water partition coefficient (Wildman–Crippen LogP) is 4.94. The van der Waals surface area contributed by atoms with Gasteiger partial charge in [-0.2, -0.15) is 0 Å². The van der Waals surface area contributed by atoms with Crippen molar-refractivity contribution < 1.29 is 14.9 Å². The van der Waals surface area contributed by atoms with Gasteiger partial charge in [-0.15, -0.1) is 0 Å². The minimum absolute atomic E-state index is 0.224. The molecule has 0 aliphatic heterocycles. The number of aliphatic hydroxyl groups is 2. The average Bonchev–Trinajstić information content (AvgIpc) is 2.51. The standard InChI is InChI=1S/C20H42O3/c1-5-7-9-11-13-19(17(3)21)15-23-16-20(18(4)22)14-12-10-8-6-2/h17-22H,5-16H2,1-4H3. The SMILES string of the molecule is CCCCCCC(COCC(CCCCCC)C(C)O)C(C)O. The van der Waals surface area contributed by atoms with Crippen LogP contribution in [0.15, 0.2) is 0 Å². The van der Waals surface area contributed by atoms with Crippen LogP contribution in [-0.4, -0.2) is 35.6 Å². The maximum Gasteiger partial charge on any atom is 0.0562 e. The molecule has 0 aromatic rings. The van der Waals surface area contributed by atoms with Gasteiger partial charge in [0, 0.05) is 11.8 Å². The third-order valence-corrected chi connectivity index (χ3v) is 4.89. The summed E-state index contributed by atoms with van der Waals surface area (Å²) in [6.07, 6.45) is 11.3. The molecule has 4 atom stereocenters. The van der Waals surface area contributed by atoms with Crippen LogP contribution in [0.2, 0.25) is 0 Å². The van der Waals surface area contributed by atoms with E-state index in [0.717, 1.165) is 12.8 Å². The minimum Gasteiger partial charge on any atom is -0.393 e. The van der Waals surface area contributed by atoms with Crippen molar-refractivity contribution >= 4 is 0 Å². The average molecular weight is 331 g/mol. The van der Waals surface area contributed by atoms with Crippen LogP contribution in [0.1, 0.15) is 91.9 Å². The van der Waals surface area contributed by atoms with Gasteiger partial charge in [0.15, 0.2) is 0 Å².